The fourth-order valence-corrected chi connectivity index (χ4v) is 3.27. The van der Waals surface area contributed by atoms with Gasteiger partial charge in [0.25, 0.3) is 5.91 Å². The molecule has 2 aromatic heterocycles. The van der Waals surface area contributed by atoms with Gasteiger partial charge in [-0.05, 0) is 54.3 Å². The zero-order valence-electron chi connectivity index (χ0n) is 11.9. The third-order valence-electron chi connectivity index (χ3n) is 3.77. The second-order valence-corrected chi connectivity index (χ2v) is 6.10. The van der Waals surface area contributed by atoms with E-state index in [4.69, 9.17) is 0 Å². The van der Waals surface area contributed by atoms with Crippen molar-refractivity contribution in [3.63, 3.8) is 0 Å². The maximum Gasteiger partial charge on any atom is 0.271 e. The van der Waals surface area contributed by atoms with E-state index in [0.29, 0.717) is 18.3 Å². The van der Waals surface area contributed by atoms with Crippen LogP contribution < -0.4 is 10.6 Å². The molecule has 0 unspecified atom stereocenters. The van der Waals surface area contributed by atoms with Crippen LogP contribution in [0.5, 0.6) is 0 Å². The standard InChI is InChI=1S/C15H20N4OS/c20-15(17-7-3-12-5-9-21-11-12)14-4-8-19(18-14)13-2-1-6-16-10-13/h4-5,8-9,11,13,16H,1-3,6-7,10H2,(H,17,20)/t13-/m1/s1. The molecule has 0 saturated carbocycles. The van der Waals surface area contributed by atoms with Crippen molar-refractivity contribution in [1.82, 2.24) is 20.4 Å². The van der Waals surface area contributed by atoms with E-state index in [1.807, 2.05) is 10.9 Å². The fraction of sp³-hybridized carbons (Fsp3) is 0.467. The smallest absolute Gasteiger partial charge is 0.271 e. The summed E-state index contributed by atoms with van der Waals surface area (Å²) in [7, 11) is 0. The predicted molar refractivity (Wildman–Crippen MR) is 83.7 cm³/mol. The van der Waals surface area contributed by atoms with E-state index in [1.165, 1.54) is 5.56 Å². The fourth-order valence-electron chi connectivity index (χ4n) is 2.57. The van der Waals surface area contributed by atoms with Crippen LogP contribution in [-0.4, -0.2) is 35.3 Å². The third kappa shape index (κ3) is 3.71. The zero-order chi connectivity index (χ0) is 14.5. The molecule has 2 aromatic rings. The molecule has 2 N–H and O–H groups in total. The van der Waals surface area contributed by atoms with Crippen LogP contribution in [0.3, 0.4) is 0 Å². The number of hydrogen-bond acceptors (Lipinski definition) is 4. The van der Waals surface area contributed by atoms with Crippen molar-refractivity contribution in [2.75, 3.05) is 19.6 Å². The zero-order valence-corrected chi connectivity index (χ0v) is 12.7. The number of thiophene rings is 1. The van der Waals surface area contributed by atoms with Gasteiger partial charge in [-0.1, -0.05) is 0 Å². The number of piperidine rings is 1. The van der Waals surface area contributed by atoms with Crippen LogP contribution >= 0.6 is 11.3 Å². The van der Waals surface area contributed by atoms with Gasteiger partial charge in [-0.25, -0.2) is 0 Å². The van der Waals surface area contributed by atoms with Crippen LogP contribution in [0.1, 0.15) is 34.9 Å². The first-order chi connectivity index (χ1) is 10.3. The average molecular weight is 304 g/mol. The number of nitrogens with one attached hydrogen (secondary N) is 2. The Labute approximate surface area is 128 Å². The van der Waals surface area contributed by atoms with Crippen LogP contribution in [-0.2, 0) is 6.42 Å². The van der Waals surface area contributed by atoms with Gasteiger partial charge in [0.1, 0.15) is 5.69 Å². The van der Waals surface area contributed by atoms with Gasteiger partial charge in [-0.3, -0.25) is 9.48 Å². The highest BCUT2D eigenvalue weighted by Crippen LogP contribution is 2.15. The predicted octanol–water partition coefficient (Wildman–Crippen LogP) is 1.84. The highest BCUT2D eigenvalue weighted by Gasteiger charge is 2.17. The number of nitrogens with zero attached hydrogens (tertiary/aromatic N) is 2. The third-order valence-corrected chi connectivity index (χ3v) is 4.50. The summed E-state index contributed by atoms with van der Waals surface area (Å²) in [6, 6.07) is 4.25. The van der Waals surface area contributed by atoms with E-state index in [1.54, 1.807) is 17.4 Å². The molecule has 112 valence electrons. The summed E-state index contributed by atoms with van der Waals surface area (Å²) in [4.78, 5) is 12.1. The Hall–Kier alpha value is -1.66. The molecule has 0 spiro atoms. The minimum Gasteiger partial charge on any atom is -0.350 e. The minimum absolute atomic E-state index is 0.0900. The second-order valence-electron chi connectivity index (χ2n) is 5.32. The molecule has 21 heavy (non-hydrogen) atoms. The number of amides is 1. The lowest BCUT2D eigenvalue weighted by Crippen LogP contribution is -2.32. The molecule has 1 saturated heterocycles. The molecule has 0 aliphatic carbocycles. The molecular weight excluding hydrogens is 284 g/mol. The second kappa shape index (κ2) is 6.87. The molecule has 0 bridgehead atoms. The Morgan fingerprint density at radius 1 is 1.52 bits per heavy atom. The minimum atomic E-state index is -0.0900. The van der Waals surface area contributed by atoms with Crippen molar-refractivity contribution < 1.29 is 4.79 Å². The Bertz CT molecular complexity index is 572. The summed E-state index contributed by atoms with van der Waals surface area (Å²) in [6.45, 7) is 2.65. The molecule has 1 aliphatic heterocycles. The molecule has 3 rings (SSSR count). The van der Waals surface area contributed by atoms with Crippen molar-refractivity contribution in [1.29, 1.82) is 0 Å². The largest absolute Gasteiger partial charge is 0.350 e. The van der Waals surface area contributed by atoms with Crippen molar-refractivity contribution in [2.24, 2.45) is 0 Å². The Kier molecular flexibility index (Phi) is 4.67. The quantitative estimate of drug-likeness (QED) is 0.886. The Morgan fingerprint density at radius 3 is 3.24 bits per heavy atom. The van der Waals surface area contributed by atoms with Crippen LogP contribution in [0.4, 0.5) is 0 Å². The van der Waals surface area contributed by atoms with Crippen molar-refractivity contribution in [3.8, 4) is 0 Å². The van der Waals surface area contributed by atoms with Crippen LogP contribution in [0.15, 0.2) is 29.1 Å². The van der Waals surface area contributed by atoms with Gasteiger partial charge in [0, 0.05) is 19.3 Å². The molecule has 1 amide bonds. The van der Waals surface area contributed by atoms with Crippen LogP contribution in [0.2, 0.25) is 0 Å². The first-order valence-electron chi connectivity index (χ1n) is 7.38. The molecule has 3 heterocycles. The lowest BCUT2D eigenvalue weighted by atomic mass is 10.1. The van der Waals surface area contributed by atoms with E-state index in [-0.39, 0.29) is 5.91 Å². The van der Waals surface area contributed by atoms with Gasteiger partial charge in [0.05, 0.1) is 6.04 Å². The molecule has 1 aliphatic rings. The maximum atomic E-state index is 12.1. The van der Waals surface area contributed by atoms with E-state index in [0.717, 1.165) is 32.4 Å². The van der Waals surface area contributed by atoms with E-state index >= 15 is 0 Å². The highest BCUT2D eigenvalue weighted by molar-refractivity contribution is 7.07. The molecular formula is C15H20N4OS. The number of hydrogen-bond donors (Lipinski definition) is 2. The summed E-state index contributed by atoms with van der Waals surface area (Å²) in [5.74, 6) is -0.0900. The Balaban J connectivity index is 1.51. The number of rotatable bonds is 5. The molecule has 5 nitrogen and oxygen atoms in total. The Morgan fingerprint density at radius 2 is 2.48 bits per heavy atom. The summed E-state index contributed by atoms with van der Waals surface area (Å²) in [5.41, 5.74) is 1.77. The molecule has 0 aromatic carbocycles. The maximum absolute atomic E-state index is 12.1. The highest BCUT2D eigenvalue weighted by atomic mass is 32.1. The molecule has 6 heteroatoms. The number of carbonyl (C=O) groups excluding carboxylic acids is 1. The van der Waals surface area contributed by atoms with E-state index in [2.05, 4.69) is 32.6 Å². The van der Waals surface area contributed by atoms with Gasteiger partial charge in [-0.2, -0.15) is 16.4 Å². The van der Waals surface area contributed by atoms with Gasteiger partial charge >= 0.3 is 0 Å². The monoisotopic (exact) mass is 304 g/mol. The molecule has 1 atom stereocenters. The number of aromatic nitrogens is 2. The van der Waals surface area contributed by atoms with Gasteiger partial charge in [0.15, 0.2) is 0 Å². The lowest BCUT2D eigenvalue weighted by molar-refractivity contribution is 0.0948. The molecule has 0 radical (unpaired) electrons. The van der Waals surface area contributed by atoms with Crippen molar-refractivity contribution in [3.05, 3.63) is 40.3 Å². The van der Waals surface area contributed by atoms with Crippen molar-refractivity contribution in [2.45, 2.75) is 25.3 Å². The average Bonchev–Trinajstić information content (AvgIpc) is 3.20. The van der Waals surface area contributed by atoms with Gasteiger partial charge in [0.2, 0.25) is 0 Å². The first-order valence-corrected chi connectivity index (χ1v) is 8.32. The summed E-state index contributed by atoms with van der Waals surface area (Å²) in [5, 5.41) is 14.9. The molecule has 1 fully saturated rings. The van der Waals surface area contributed by atoms with Gasteiger partial charge in [-0.15, -0.1) is 0 Å². The normalized spacial score (nSPS) is 18.6. The van der Waals surface area contributed by atoms with E-state index < -0.39 is 0 Å². The topological polar surface area (TPSA) is 59.0 Å². The van der Waals surface area contributed by atoms with Crippen molar-refractivity contribution >= 4 is 17.2 Å². The van der Waals surface area contributed by atoms with Crippen LogP contribution in [0, 0.1) is 0 Å². The summed E-state index contributed by atoms with van der Waals surface area (Å²) >= 11 is 1.68. The summed E-state index contributed by atoms with van der Waals surface area (Å²) < 4.78 is 1.92. The number of carbonyl (C=O) groups is 1. The van der Waals surface area contributed by atoms with Crippen LogP contribution in [0.25, 0.3) is 0 Å². The SMILES string of the molecule is O=C(NCCc1ccsc1)c1ccn([C@@H]2CCCNC2)n1. The van der Waals surface area contributed by atoms with Gasteiger partial charge < -0.3 is 10.6 Å². The lowest BCUT2D eigenvalue weighted by Gasteiger charge is -2.22. The first kappa shape index (κ1) is 14.3. The summed E-state index contributed by atoms with van der Waals surface area (Å²) in [6.07, 6.45) is 5.05. The van der Waals surface area contributed by atoms with E-state index in [9.17, 15) is 4.79 Å².